The Kier molecular flexibility index (Phi) is 7.04. The molecule has 0 atom stereocenters. The van der Waals surface area contributed by atoms with Crippen LogP contribution in [-0.4, -0.2) is 53.3 Å². The maximum atomic E-state index is 12.0. The second kappa shape index (κ2) is 9.47. The van der Waals surface area contributed by atoms with Crippen LogP contribution in [0.25, 0.3) is 16.6 Å². The summed E-state index contributed by atoms with van der Waals surface area (Å²) in [5.74, 6) is 0.435. The summed E-state index contributed by atoms with van der Waals surface area (Å²) in [4.78, 5) is 23.0. The number of nitrogens with one attached hydrogen (secondary N) is 3. The molecule has 0 aliphatic heterocycles. The maximum absolute atomic E-state index is 12.0. The van der Waals surface area contributed by atoms with Crippen molar-refractivity contribution in [1.29, 1.82) is 5.41 Å². The Hall–Kier alpha value is -3.00. The van der Waals surface area contributed by atoms with Crippen molar-refractivity contribution >= 4 is 34.7 Å². The molecular formula is C18H25N7O. The van der Waals surface area contributed by atoms with Gasteiger partial charge < -0.3 is 21.4 Å². The number of hydrogen-bond donors (Lipinski definition) is 4. The molecule has 2 rings (SSSR count). The molecule has 0 radical (unpaired) electrons. The predicted octanol–water partition coefficient (Wildman–Crippen LogP) is 2.04. The SMILES string of the molecule is CCN(CC)CCNC(=O)Nc1ccc2ncc(/C(C=N)=C/N)cc2n1. The number of aromatic nitrogens is 2. The van der Waals surface area contributed by atoms with Crippen LogP contribution in [0.5, 0.6) is 0 Å². The molecule has 0 saturated carbocycles. The fraction of sp³-hybridized carbons (Fsp3) is 0.333. The van der Waals surface area contributed by atoms with E-state index >= 15 is 0 Å². The molecule has 0 unspecified atom stereocenters. The monoisotopic (exact) mass is 355 g/mol. The molecule has 0 aliphatic rings. The van der Waals surface area contributed by atoms with Crippen LogP contribution in [-0.2, 0) is 0 Å². The number of rotatable bonds is 8. The number of carbonyl (C=O) groups is 1. The Labute approximate surface area is 153 Å². The second-order valence-corrected chi connectivity index (χ2v) is 5.63. The Balaban J connectivity index is 2.05. The molecule has 8 nitrogen and oxygen atoms in total. The molecule has 8 heteroatoms. The van der Waals surface area contributed by atoms with Gasteiger partial charge in [0.1, 0.15) is 5.82 Å². The molecule has 0 bridgehead atoms. The zero-order valence-electron chi connectivity index (χ0n) is 15.1. The molecule has 138 valence electrons. The van der Waals surface area contributed by atoms with Gasteiger partial charge in [0.2, 0.25) is 0 Å². The maximum Gasteiger partial charge on any atom is 0.320 e. The molecule has 2 aromatic rings. The van der Waals surface area contributed by atoms with Crippen molar-refractivity contribution in [3.63, 3.8) is 0 Å². The zero-order chi connectivity index (χ0) is 18.9. The molecule has 0 spiro atoms. The Morgan fingerprint density at radius 1 is 1.31 bits per heavy atom. The first-order valence-corrected chi connectivity index (χ1v) is 8.58. The zero-order valence-corrected chi connectivity index (χ0v) is 15.1. The van der Waals surface area contributed by atoms with E-state index in [0.29, 0.717) is 34.5 Å². The number of likely N-dealkylation sites (N-methyl/N-ethyl adjacent to an activating group) is 1. The molecular weight excluding hydrogens is 330 g/mol. The van der Waals surface area contributed by atoms with Gasteiger partial charge in [-0.05, 0) is 31.3 Å². The van der Waals surface area contributed by atoms with Gasteiger partial charge in [0.05, 0.1) is 11.0 Å². The lowest BCUT2D eigenvalue weighted by Gasteiger charge is -2.18. The number of carbonyl (C=O) groups excluding carboxylic acids is 1. The molecule has 2 heterocycles. The molecule has 0 fully saturated rings. The number of amides is 2. The highest BCUT2D eigenvalue weighted by molar-refractivity contribution is 6.08. The van der Waals surface area contributed by atoms with E-state index in [1.54, 1.807) is 24.4 Å². The lowest BCUT2D eigenvalue weighted by atomic mass is 10.1. The summed E-state index contributed by atoms with van der Waals surface area (Å²) in [6.07, 6.45) is 4.15. The van der Waals surface area contributed by atoms with Gasteiger partial charge in [-0.2, -0.15) is 0 Å². The molecule has 5 N–H and O–H groups in total. The number of pyridine rings is 2. The molecule has 0 aliphatic carbocycles. The summed E-state index contributed by atoms with van der Waals surface area (Å²) in [5.41, 5.74) is 8.07. The Morgan fingerprint density at radius 2 is 2.08 bits per heavy atom. The van der Waals surface area contributed by atoms with Gasteiger partial charge in [-0.25, -0.2) is 9.78 Å². The minimum atomic E-state index is -0.296. The van der Waals surface area contributed by atoms with E-state index in [1.165, 1.54) is 6.20 Å². The molecule has 0 saturated heterocycles. The molecule has 2 aromatic heterocycles. The van der Waals surface area contributed by atoms with Crippen molar-refractivity contribution in [1.82, 2.24) is 20.2 Å². The summed E-state index contributed by atoms with van der Waals surface area (Å²) in [7, 11) is 0. The van der Waals surface area contributed by atoms with Crippen molar-refractivity contribution in [3.05, 3.63) is 36.2 Å². The Morgan fingerprint density at radius 3 is 2.73 bits per heavy atom. The van der Waals surface area contributed by atoms with Gasteiger partial charge in [-0.15, -0.1) is 0 Å². The van der Waals surface area contributed by atoms with Crippen LogP contribution in [0, 0.1) is 5.41 Å². The highest BCUT2D eigenvalue weighted by Gasteiger charge is 2.07. The van der Waals surface area contributed by atoms with Crippen LogP contribution in [0.15, 0.2) is 30.6 Å². The third-order valence-corrected chi connectivity index (χ3v) is 4.06. The quantitative estimate of drug-likeness (QED) is 0.540. The second-order valence-electron chi connectivity index (χ2n) is 5.63. The van der Waals surface area contributed by atoms with E-state index in [4.69, 9.17) is 11.1 Å². The first-order chi connectivity index (χ1) is 12.6. The average molecular weight is 355 g/mol. The minimum Gasteiger partial charge on any atom is -0.404 e. The van der Waals surface area contributed by atoms with Crippen molar-refractivity contribution < 1.29 is 4.79 Å². The van der Waals surface area contributed by atoms with E-state index in [2.05, 4.69) is 39.3 Å². The fourth-order valence-electron chi connectivity index (χ4n) is 2.49. The van der Waals surface area contributed by atoms with Crippen molar-refractivity contribution in [3.8, 4) is 0 Å². The highest BCUT2D eigenvalue weighted by Crippen LogP contribution is 2.18. The summed E-state index contributed by atoms with van der Waals surface area (Å²) in [5, 5.41) is 12.9. The van der Waals surface area contributed by atoms with Crippen LogP contribution >= 0.6 is 0 Å². The topological polar surface area (TPSA) is 120 Å². The van der Waals surface area contributed by atoms with Gasteiger partial charge in [-0.3, -0.25) is 10.3 Å². The van der Waals surface area contributed by atoms with E-state index in [1.807, 2.05) is 0 Å². The summed E-state index contributed by atoms with van der Waals surface area (Å²) in [6.45, 7) is 7.46. The summed E-state index contributed by atoms with van der Waals surface area (Å²) in [6, 6.07) is 4.98. The third-order valence-electron chi connectivity index (χ3n) is 4.06. The van der Waals surface area contributed by atoms with Crippen LogP contribution < -0.4 is 16.4 Å². The lowest BCUT2D eigenvalue weighted by Crippen LogP contribution is -2.37. The van der Waals surface area contributed by atoms with Crippen LogP contribution in [0.4, 0.5) is 10.6 Å². The van der Waals surface area contributed by atoms with Gasteiger partial charge in [-0.1, -0.05) is 13.8 Å². The lowest BCUT2D eigenvalue weighted by molar-refractivity contribution is 0.247. The third kappa shape index (κ3) is 5.00. The number of urea groups is 1. The molecule has 2 amide bonds. The number of nitrogens with two attached hydrogens (primary N) is 1. The summed E-state index contributed by atoms with van der Waals surface area (Å²) >= 11 is 0. The van der Waals surface area contributed by atoms with Gasteiger partial charge in [0.15, 0.2) is 0 Å². The number of hydrogen-bond acceptors (Lipinski definition) is 6. The average Bonchev–Trinajstić information content (AvgIpc) is 2.66. The normalized spacial score (nSPS) is 11.6. The van der Waals surface area contributed by atoms with Gasteiger partial charge in [0.25, 0.3) is 0 Å². The van der Waals surface area contributed by atoms with E-state index < -0.39 is 0 Å². The number of anilines is 1. The smallest absolute Gasteiger partial charge is 0.320 e. The number of nitrogens with zero attached hydrogens (tertiary/aromatic N) is 3. The van der Waals surface area contributed by atoms with Gasteiger partial charge in [0, 0.05) is 42.8 Å². The minimum absolute atomic E-state index is 0.296. The summed E-state index contributed by atoms with van der Waals surface area (Å²) < 4.78 is 0. The van der Waals surface area contributed by atoms with Crippen LogP contribution in [0.3, 0.4) is 0 Å². The number of fused-ring (bicyclic) bond motifs is 1. The largest absolute Gasteiger partial charge is 0.404 e. The van der Waals surface area contributed by atoms with Crippen LogP contribution in [0.2, 0.25) is 0 Å². The van der Waals surface area contributed by atoms with Crippen molar-refractivity contribution in [2.75, 3.05) is 31.5 Å². The molecule has 0 aromatic carbocycles. The van der Waals surface area contributed by atoms with E-state index in [-0.39, 0.29) is 6.03 Å². The first kappa shape index (κ1) is 19.3. The molecule has 26 heavy (non-hydrogen) atoms. The van der Waals surface area contributed by atoms with Gasteiger partial charge >= 0.3 is 6.03 Å². The standard InChI is InChI=1S/C18H25N7O/c1-3-25(4-2)8-7-21-18(26)24-17-6-5-15-16(23-17)9-13(12-22-15)14(10-19)11-20/h5-6,9-12,19H,3-4,7-8,20H2,1-2H3,(H2,21,23,24,26)/b14-11+,19-10?. The highest BCUT2D eigenvalue weighted by atomic mass is 16.2. The van der Waals surface area contributed by atoms with E-state index in [9.17, 15) is 4.79 Å². The predicted molar refractivity (Wildman–Crippen MR) is 105 cm³/mol. The van der Waals surface area contributed by atoms with Crippen molar-refractivity contribution in [2.45, 2.75) is 13.8 Å². The van der Waals surface area contributed by atoms with E-state index in [0.717, 1.165) is 25.8 Å². The first-order valence-electron chi connectivity index (χ1n) is 8.58. The van der Waals surface area contributed by atoms with Crippen LogP contribution in [0.1, 0.15) is 19.4 Å². The number of allylic oxidation sites excluding steroid dienone is 1. The Bertz CT molecular complexity index is 799. The fourth-order valence-corrected chi connectivity index (χ4v) is 2.49. The van der Waals surface area contributed by atoms with Crippen molar-refractivity contribution in [2.24, 2.45) is 5.73 Å².